The first-order valence-electron chi connectivity index (χ1n) is 7.21. The number of rotatable bonds is 6. The number of nitrogens with one attached hydrogen (secondary N) is 1. The molecule has 1 saturated carbocycles. The summed E-state index contributed by atoms with van der Waals surface area (Å²) in [5, 5.41) is 0. The van der Waals surface area contributed by atoms with Crippen molar-refractivity contribution < 1.29 is 0 Å². The van der Waals surface area contributed by atoms with Crippen molar-refractivity contribution in [2.45, 2.75) is 57.9 Å². The lowest BCUT2D eigenvalue weighted by molar-refractivity contribution is 0.387. The van der Waals surface area contributed by atoms with Crippen molar-refractivity contribution in [3.8, 4) is 0 Å². The first-order chi connectivity index (χ1) is 8.81. The zero-order chi connectivity index (χ0) is 12.8. The number of hydrogen-bond donors (Lipinski definition) is 2. The smallest absolute Gasteiger partial charge is 0.0419 e. The highest BCUT2D eigenvalue weighted by Gasteiger charge is 2.19. The average Bonchev–Trinajstić information content (AvgIpc) is 2.91. The highest BCUT2D eigenvalue weighted by Crippen LogP contribution is 2.29. The van der Waals surface area contributed by atoms with E-state index in [2.05, 4.69) is 29.5 Å². The molecule has 1 aromatic rings. The molecule has 1 heterocycles. The second-order valence-electron chi connectivity index (χ2n) is 5.47. The van der Waals surface area contributed by atoms with E-state index in [9.17, 15) is 0 Å². The third kappa shape index (κ3) is 3.79. The molecule has 18 heavy (non-hydrogen) atoms. The highest BCUT2D eigenvalue weighted by atomic mass is 15.2. The van der Waals surface area contributed by atoms with Crippen LogP contribution in [-0.4, -0.2) is 11.0 Å². The van der Waals surface area contributed by atoms with Gasteiger partial charge in [-0.15, -0.1) is 0 Å². The molecule has 0 radical (unpaired) electrons. The fourth-order valence-corrected chi connectivity index (χ4v) is 2.90. The van der Waals surface area contributed by atoms with Crippen LogP contribution in [0.2, 0.25) is 0 Å². The zero-order valence-corrected chi connectivity index (χ0v) is 11.4. The van der Waals surface area contributed by atoms with Crippen molar-refractivity contribution in [2.75, 3.05) is 0 Å². The van der Waals surface area contributed by atoms with Crippen LogP contribution < -0.4 is 11.3 Å². The van der Waals surface area contributed by atoms with Crippen LogP contribution in [0.25, 0.3) is 0 Å². The van der Waals surface area contributed by atoms with Gasteiger partial charge in [-0.05, 0) is 30.4 Å². The standard InChI is InChI=1S/C15H25N3/c1-2-12-7-8-14(17-11-12)10-15(18-16)9-13-5-3-4-6-13/h7-8,11,13,15,18H,2-6,9-10,16H2,1H3. The number of hydrogen-bond acceptors (Lipinski definition) is 3. The Morgan fingerprint density at radius 1 is 1.39 bits per heavy atom. The molecule has 1 aliphatic rings. The molecule has 0 bridgehead atoms. The van der Waals surface area contributed by atoms with Gasteiger partial charge in [-0.3, -0.25) is 16.3 Å². The van der Waals surface area contributed by atoms with Gasteiger partial charge in [0.15, 0.2) is 0 Å². The molecule has 1 aliphatic carbocycles. The van der Waals surface area contributed by atoms with Crippen molar-refractivity contribution in [3.05, 3.63) is 29.6 Å². The molecular weight excluding hydrogens is 222 g/mol. The third-order valence-corrected chi connectivity index (χ3v) is 4.08. The van der Waals surface area contributed by atoms with E-state index in [4.69, 9.17) is 5.84 Å². The van der Waals surface area contributed by atoms with Crippen LogP contribution in [0.5, 0.6) is 0 Å². The summed E-state index contributed by atoms with van der Waals surface area (Å²) in [6.07, 6.45) is 10.7. The van der Waals surface area contributed by atoms with Crippen LogP contribution in [0, 0.1) is 5.92 Å². The summed E-state index contributed by atoms with van der Waals surface area (Å²) in [5.74, 6) is 6.54. The molecule has 0 spiro atoms. The molecule has 0 amide bonds. The molecule has 3 heteroatoms. The molecule has 1 aromatic heterocycles. The van der Waals surface area contributed by atoms with Gasteiger partial charge in [0.25, 0.3) is 0 Å². The Bertz CT molecular complexity index is 341. The van der Waals surface area contributed by atoms with E-state index in [1.165, 1.54) is 37.7 Å². The van der Waals surface area contributed by atoms with Crippen molar-refractivity contribution in [2.24, 2.45) is 11.8 Å². The molecule has 1 fully saturated rings. The first-order valence-corrected chi connectivity index (χ1v) is 7.21. The Morgan fingerprint density at radius 3 is 2.72 bits per heavy atom. The fourth-order valence-electron chi connectivity index (χ4n) is 2.90. The summed E-state index contributed by atoms with van der Waals surface area (Å²) < 4.78 is 0. The quantitative estimate of drug-likeness (QED) is 0.600. The lowest BCUT2D eigenvalue weighted by Gasteiger charge is -2.19. The number of aryl methyl sites for hydroxylation is 1. The summed E-state index contributed by atoms with van der Waals surface area (Å²) in [6, 6.07) is 4.68. The van der Waals surface area contributed by atoms with E-state index < -0.39 is 0 Å². The van der Waals surface area contributed by atoms with Gasteiger partial charge >= 0.3 is 0 Å². The molecule has 2 rings (SSSR count). The third-order valence-electron chi connectivity index (χ3n) is 4.08. The normalized spacial score (nSPS) is 18.1. The molecule has 3 nitrogen and oxygen atoms in total. The van der Waals surface area contributed by atoms with Crippen LogP contribution in [0.1, 0.15) is 50.3 Å². The van der Waals surface area contributed by atoms with Crippen LogP contribution in [0.3, 0.4) is 0 Å². The van der Waals surface area contributed by atoms with Gasteiger partial charge in [-0.1, -0.05) is 38.7 Å². The van der Waals surface area contributed by atoms with Gasteiger partial charge in [0.1, 0.15) is 0 Å². The Morgan fingerprint density at radius 2 is 2.17 bits per heavy atom. The number of nitrogens with two attached hydrogens (primary N) is 1. The van der Waals surface area contributed by atoms with E-state index in [1.54, 1.807) is 0 Å². The Labute approximate surface area is 110 Å². The van der Waals surface area contributed by atoms with E-state index >= 15 is 0 Å². The van der Waals surface area contributed by atoms with Crippen molar-refractivity contribution in [3.63, 3.8) is 0 Å². The lowest BCUT2D eigenvalue weighted by atomic mass is 9.95. The number of hydrazine groups is 1. The Kier molecular flexibility index (Phi) is 5.14. The minimum atomic E-state index is 0.369. The molecule has 0 saturated heterocycles. The monoisotopic (exact) mass is 247 g/mol. The maximum absolute atomic E-state index is 5.68. The summed E-state index contributed by atoms with van der Waals surface area (Å²) in [4.78, 5) is 4.52. The number of pyridine rings is 1. The predicted octanol–water partition coefficient (Wildman–Crippen LogP) is 2.60. The molecule has 3 N–H and O–H groups in total. The SMILES string of the molecule is CCc1ccc(CC(CC2CCCC2)NN)nc1. The second kappa shape index (κ2) is 6.86. The van der Waals surface area contributed by atoms with Crippen molar-refractivity contribution in [1.82, 2.24) is 10.4 Å². The summed E-state index contributed by atoms with van der Waals surface area (Å²) in [6.45, 7) is 2.15. The number of nitrogens with zero attached hydrogens (tertiary/aromatic N) is 1. The summed E-state index contributed by atoms with van der Waals surface area (Å²) in [7, 11) is 0. The van der Waals surface area contributed by atoms with Gasteiger partial charge in [-0.2, -0.15) is 0 Å². The van der Waals surface area contributed by atoms with E-state index in [0.29, 0.717) is 6.04 Å². The van der Waals surface area contributed by atoms with Crippen LogP contribution >= 0.6 is 0 Å². The molecule has 1 unspecified atom stereocenters. The highest BCUT2D eigenvalue weighted by molar-refractivity contribution is 5.14. The fraction of sp³-hybridized carbons (Fsp3) is 0.667. The van der Waals surface area contributed by atoms with Gasteiger partial charge in [0, 0.05) is 24.4 Å². The van der Waals surface area contributed by atoms with Gasteiger partial charge in [0.05, 0.1) is 0 Å². The van der Waals surface area contributed by atoms with Crippen molar-refractivity contribution in [1.29, 1.82) is 0 Å². The molecule has 100 valence electrons. The molecule has 0 aliphatic heterocycles. The van der Waals surface area contributed by atoms with E-state index in [1.807, 2.05) is 6.20 Å². The minimum Gasteiger partial charge on any atom is -0.271 e. The topological polar surface area (TPSA) is 50.9 Å². The maximum Gasteiger partial charge on any atom is 0.0419 e. The Balaban J connectivity index is 1.87. The lowest BCUT2D eigenvalue weighted by Crippen LogP contribution is -2.38. The van der Waals surface area contributed by atoms with Gasteiger partial charge in [-0.25, -0.2) is 0 Å². The van der Waals surface area contributed by atoms with Crippen LogP contribution in [0.4, 0.5) is 0 Å². The van der Waals surface area contributed by atoms with Gasteiger partial charge in [0.2, 0.25) is 0 Å². The second-order valence-corrected chi connectivity index (χ2v) is 5.47. The van der Waals surface area contributed by atoms with E-state index in [0.717, 1.165) is 24.5 Å². The molecular formula is C15H25N3. The molecule has 1 atom stereocenters. The van der Waals surface area contributed by atoms with Gasteiger partial charge < -0.3 is 0 Å². The first kappa shape index (κ1) is 13.5. The molecule has 0 aromatic carbocycles. The zero-order valence-electron chi connectivity index (χ0n) is 11.4. The summed E-state index contributed by atoms with van der Waals surface area (Å²) >= 11 is 0. The predicted molar refractivity (Wildman–Crippen MR) is 75.0 cm³/mol. The maximum atomic E-state index is 5.68. The number of aromatic nitrogens is 1. The minimum absolute atomic E-state index is 0.369. The van der Waals surface area contributed by atoms with Crippen LogP contribution in [0.15, 0.2) is 18.3 Å². The van der Waals surface area contributed by atoms with E-state index in [-0.39, 0.29) is 0 Å². The summed E-state index contributed by atoms with van der Waals surface area (Å²) in [5.41, 5.74) is 5.41. The van der Waals surface area contributed by atoms with Crippen molar-refractivity contribution >= 4 is 0 Å². The van der Waals surface area contributed by atoms with Crippen LogP contribution in [-0.2, 0) is 12.8 Å². The largest absolute Gasteiger partial charge is 0.271 e. The Hall–Kier alpha value is -0.930. The average molecular weight is 247 g/mol.